The molecule has 0 aliphatic rings. The van der Waals surface area contributed by atoms with E-state index >= 15 is 0 Å². The summed E-state index contributed by atoms with van der Waals surface area (Å²) in [6, 6.07) is 4.68. The minimum Gasteiger partial charge on any atom is -0.309 e. The number of thiophene rings is 1. The summed E-state index contributed by atoms with van der Waals surface area (Å²) in [7, 11) is 0. The van der Waals surface area contributed by atoms with Crippen molar-refractivity contribution in [2.45, 2.75) is 46.2 Å². The first-order valence-corrected chi connectivity index (χ1v) is 8.82. The molecule has 0 amide bonds. The first-order valence-electron chi connectivity index (χ1n) is 7.15. The summed E-state index contributed by atoms with van der Waals surface area (Å²) in [5, 5.41) is 10.3. The van der Waals surface area contributed by atoms with Gasteiger partial charge in [-0.15, -0.1) is 11.3 Å². The van der Waals surface area contributed by atoms with Crippen molar-refractivity contribution in [3.05, 3.63) is 38.3 Å². The highest BCUT2D eigenvalue weighted by atomic mass is 79.9. The van der Waals surface area contributed by atoms with Crippen molar-refractivity contribution in [2.75, 3.05) is 6.54 Å². The van der Waals surface area contributed by atoms with Crippen LogP contribution in [0.5, 0.6) is 0 Å². The average Bonchev–Trinajstić information content (AvgIpc) is 3.00. The first kappa shape index (κ1) is 15.7. The molecular formula is C15H22BrN3S. The second kappa shape index (κ2) is 7.38. The maximum atomic E-state index is 4.55. The summed E-state index contributed by atoms with van der Waals surface area (Å²) in [6.45, 7) is 8.37. The molecular weight excluding hydrogens is 334 g/mol. The summed E-state index contributed by atoms with van der Waals surface area (Å²) < 4.78 is 3.31. The lowest BCUT2D eigenvalue weighted by Crippen LogP contribution is -2.24. The van der Waals surface area contributed by atoms with Crippen LogP contribution in [0.3, 0.4) is 0 Å². The van der Waals surface area contributed by atoms with Gasteiger partial charge in [-0.2, -0.15) is 5.10 Å². The number of hydrogen-bond donors (Lipinski definition) is 1. The molecule has 0 saturated heterocycles. The molecule has 0 fully saturated rings. The zero-order chi connectivity index (χ0) is 14.5. The fourth-order valence-corrected chi connectivity index (χ4v) is 4.10. The summed E-state index contributed by atoms with van der Waals surface area (Å²) in [5.41, 5.74) is 2.40. The van der Waals surface area contributed by atoms with Crippen LogP contribution >= 0.6 is 27.3 Å². The largest absolute Gasteiger partial charge is 0.309 e. The lowest BCUT2D eigenvalue weighted by molar-refractivity contribution is 0.507. The monoisotopic (exact) mass is 355 g/mol. The number of aromatic nitrogens is 2. The van der Waals surface area contributed by atoms with Gasteiger partial charge in [0.05, 0.1) is 5.69 Å². The summed E-state index contributed by atoms with van der Waals surface area (Å²) in [5.74, 6) is 0. The van der Waals surface area contributed by atoms with Gasteiger partial charge < -0.3 is 5.32 Å². The van der Waals surface area contributed by atoms with Gasteiger partial charge in [0, 0.05) is 34.1 Å². The quantitative estimate of drug-likeness (QED) is 0.801. The van der Waals surface area contributed by atoms with Gasteiger partial charge in [-0.1, -0.05) is 6.92 Å². The molecule has 110 valence electrons. The van der Waals surface area contributed by atoms with E-state index in [-0.39, 0.29) is 0 Å². The Kier molecular flexibility index (Phi) is 5.81. The highest BCUT2D eigenvalue weighted by molar-refractivity contribution is 9.10. The SMILES string of the molecule is CCCNC(Cc1cc(C)nn1CC)c1sccc1Br. The van der Waals surface area contributed by atoms with Crippen LogP contribution in [0.4, 0.5) is 0 Å². The minimum absolute atomic E-state index is 0.353. The third-order valence-electron chi connectivity index (χ3n) is 3.30. The van der Waals surface area contributed by atoms with Crippen molar-refractivity contribution in [1.29, 1.82) is 0 Å². The standard InChI is InChI=1S/C15H22BrN3S/c1-4-7-17-14(15-13(16)6-8-20-15)10-12-9-11(3)18-19(12)5-2/h6,8-9,14,17H,4-5,7,10H2,1-3H3. The Labute approximate surface area is 133 Å². The number of hydrogen-bond acceptors (Lipinski definition) is 3. The van der Waals surface area contributed by atoms with E-state index in [9.17, 15) is 0 Å². The molecule has 1 atom stereocenters. The molecule has 1 N–H and O–H groups in total. The average molecular weight is 356 g/mol. The van der Waals surface area contributed by atoms with E-state index in [0.717, 1.165) is 31.6 Å². The molecule has 0 bridgehead atoms. The van der Waals surface area contributed by atoms with Crippen LogP contribution in [0.15, 0.2) is 22.0 Å². The van der Waals surface area contributed by atoms with E-state index in [1.807, 2.05) is 11.3 Å². The molecule has 3 nitrogen and oxygen atoms in total. The number of aryl methyl sites for hydroxylation is 2. The molecule has 2 aromatic rings. The van der Waals surface area contributed by atoms with Gasteiger partial charge in [-0.25, -0.2) is 0 Å². The lowest BCUT2D eigenvalue weighted by atomic mass is 10.1. The highest BCUT2D eigenvalue weighted by Crippen LogP contribution is 2.31. The van der Waals surface area contributed by atoms with Gasteiger partial charge >= 0.3 is 0 Å². The van der Waals surface area contributed by atoms with Gasteiger partial charge in [0.2, 0.25) is 0 Å². The van der Waals surface area contributed by atoms with Crippen LogP contribution in [0.25, 0.3) is 0 Å². The molecule has 0 radical (unpaired) electrons. The van der Waals surface area contributed by atoms with Crippen molar-refractivity contribution in [3.8, 4) is 0 Å². The van der Waals surface area contributed by atoms with Crippen LogP contribution in [-0.4, -0.2) is 16.3 Å². The molecule has 0 saturated carbocycles. The number of nitrogens with zero attached hydrogens (tertiary/aromatic N) is 2. The van der Waals surface area contributed by atoms with Crippen molar-refractivity contribution in [2.24, 2.45) is 0 Å². The number of halogens is 1. The lowest BCUT2D eigenvalue weighted by Gasteiger charge is -2.18. The number of rotatable bonds is 7. The van der Waals surface area contributed by atoms with Gasteiger partial charge in [0.1, 0.15) is 0 Å². The van der Waals surface area contributed by atoms with E-state index in [0.29, 0.717) is 6.04 Å². The van der Waals surface area contributed by atoms with E-state index in [1.165, 1.54) is 15.0 Å². The fraction of sp³-hybridized carbons (Fsp3) is 0.533. The smallest absolute Gasteiger partial charge is 0.0596 e. The van der Waals surface area contributed by atoms with E-state index in [4.69, 9.17) is 0 Å². The Morgan fingerprint density at radius 1 is 1.45 bits per heavy atom. The van der Waals surface area contributed by atoms with Gasteiger partial charge in [-0.3, -0.25) is 4.68 Å². The molecule has 2 heterocycles. The zero-order valence-corrected chi connectivity index (χ0v) is 14.7. The maximum absolute atomic E-state index is 4.55. The van der Waals surface area contributed by atoms with Gasteiger partial charge in [-0.05, 0) is 60.3 Å². The zero-order valence-electron chi connectivity index (χ0n) is 12.3. The highest BCUT2D eigenvalue weighted by Gasteiger charge is 2.18. The summed E-state index contributed by atoms with van der Waals surface area (Å²) in [6.07, 6.45) is 2.12. The molecule has 0 aromatic carbocycles. The fourth-order valence-electron chi connectivity index (χ4n) is 2.38. The molecule has 2 rings (SSSR count). The number of nitrogens with one attached hydrogen (secondary N) is 1. The first-order chi connectivity index (χ1) is 9.65. The van der Waals surface area contributed by atoms with Crippen molar-refractivity contribution >= 4 is 27.3 Å². The maximum Gasteiger partial charge on any atom is 0.0596 e. The second-order valence-electron chi connectivity index (χ2n) is 4.94. The van der Waals surface area contributed by atoms with Crippen LogP contribution in [-0.2, 0) is 13.0 Å². The molecule has 0 aliphatic heterocycles. The van der Waals surface area contributed by atoms with Crippen LogP contribution in [0.2, 0.25) is 0 Å². The summed E-state index contributed by atoms with van der Waals surface area (Å²) >= 11 is 5.47. The van der Waals surface area contributed by atoms with Gasteiger partial charge in [0.25, 0.3) is 0 Å². The topological polar surface area (TPSA) is 29.9 Å². The third kappa shape index (κ3) is 3.71. The van der Waals surface area contributed by atoms with E-state index in [1.54, 1.807) is 0 Å². The predicted molar refractivity (Wildman–Crippen MR) is 89.4 cm³/mol. The van der Waals surface area contributed by atoms with Crippen molar-refractivity contribution in [1.82, 2.24) is 15.1 Å². The van der Waals surface area contributed by atoms with Crippen LogP contribution in [0.1, 0.15) is 42.6 Å². The molecule has 20 heavy (non-hydrogen) atoms. The molecule has 0 spiro atoms. The van der Waals surface area contributed by atoms with Crippen LogP contribution in [0, 0.1) is 6.92 Å². The summed E-state index contributed by atoms with van der Waals surface area (Å²) in [4.78, 5) is 1.37. The molecule has 0 aliphatic carbocycles. The Morgan fingerprint density at radius 3 is 2.85 bits per heavy atom. The third-order valence-corrected chi connectivity index (χ3v) is 5.28. The Bertz CT molecular complexity index is 547. The Balaban J connectivity index is 2.21. The second-order valence-corrected chi connectivity index (χ2v) is 6.74. The predicted octanol–water partition coefficient (Wildman–Crippen LogP) is 4.32. The Morgan fingerprint density at radius 2 is 2.25 bits per heavy atom. The van der Waals surface area contributed by atoms with Gasteiger partial charge in [0.15, 0.2) is 0 Å². The normalized spacial score (nSPS) is 12.8. The van der Waals surface area contributed by atoms with Crippen LogP contribution < -0.4 is 5.32 Å². The molecule has 2 aromatic heterocycles. The van der Waals surface area contributed by atoms with E-state index < -0.39 is 0 Å². The minimum atomic E-state index is 0.353. The van der Waals surface area contributed by atoms with E-state index in [2.05, 4.69) is 69.3 Å². The van der Waals surface area contributed by atoms with Crippen molar-refractivity contribution in [3.63, 3.8) is 0 Å². The Hall–Kier alpha value is -0.650. The molecule has 1 unspecified atom stereocenters. The molecule has 5 heteroatoms. The van der Waals surface area contributed by atoms with Crippen molar-refractivity contribution < 1.29 is 0 Å².